The van der Waals surface area contributed by atoms with Gasteiger partial charge in [0.05, 0.1) is 28.4 Å². The number of carbonyl (C=O) groups excluding carboxylic acids is 2. The van der Waals surface area contributed by atoms with E-state index in [9.17, 15) is 19.2 Å². The molecule has 0 atom stereocenters. The van der Waals surface area contributed by atoms with E-state index >= 15 is 0 Å². The topological polar surface area (TPSA) is 107 Å². The van der Waals surface area contributed by atoms with E-state index in [1.807, 2.05) is 12.1 Å². The molecule has 34 heavy (non-hydrogen) atoms. The molecule has 0 aliphatic carbocycles. The molecule has 0 bridgehead atoms. The maximum absolute atomic E-state index is 13.5. The van der Waals surface area contributed by atoms with Crippen molar-refractivity contribution in [2.45, 2.75) is 25.8 Å². The van der Waals surface area contributed by atoms with Gasteiger partial charge in [-0.2, -0.15) is 10.3 Å². The first-order valence-electron chi connectivity index (χ1n) is 10.7. The van der Waals surface area contributed by atoms with Crippen LogP contribution in [0.5, 0.6) is 0 Å². The number of nitrogens with zero attached hydrogens (tertiary/aromatic N) is 3. The largest absolute Gasteiger partial charge is 0.369 e. The molecule has 1 amide bonds. The van der Waals surface area contributed by atoms with E-state index in [1.165, 1.54) is 18.2 Å². The van der Waals surface area contributed by atoms with E-state index in [2.05, 4.69) is 26.7 Å². The average molecular weight is 458 g/mol. The molecule has 3 rings (SSSR count). The summed E-state index contributed by atoms with van der Waals surface area (Å²) in [6.45, 7) is 3.94. The standard InChI is InChI=1S/C26H24FN5O2/c1-26(2,31-17-33)16-30-25(34)22-10-11-23(21-9-4-3-7-19(21)15-28)32-24(22)29-13-12-18-6-5-8-20(27)14-18/h3-11,14H,12-13,16H2,1-2H3,(H,29,32)(H,30,34). The lowest BCUT2D eigenvalue weighted by atomic mass is 10.0. The summed E-state index contributed by atoms with van der Waals surface area (Å²) in [5, 5.41) is 15.4. The van der Waals surface area contributed by atoms with E-state index in [0.29, 0.717) is 41.2 Å². The van der Waals surface area contributed by atoms with Crippen LogP contribution in [0, 0.1) is 17.1 Å². The van der Waals surface area contributed by atoms with Crippen molar-refractivity contribution < 1.29 is 14.0 Å². The number of rotatable bonds is 9. The predicted molar refractivity (Wildman–Crippen MR) is 128 cm³/mol. The van der Waals surface area contributed by atoms with Crippen LogP contribution in [0.1, 0.15) is 35.3 Å². The maximum atomic E-state index is 13.5. The zero-order chi connectivity index (χ0) is 24.6. The van der Waals surface area contributed by atoms with Crippen LogP contribution < -0.4 is 10.6 Å². The number of isocyanates is 1. The first-order chi connectivity index (χ1) is 16.3. The van der Waals surface area contributed by atoms with Crippen LogP contribution in [0.15, 0.2) is 65.7 Å². The Morgan fingerprint density at radius 1 is 1.15 bits per heavy atom. The van der Waals surface area contributed by atoms with Crippen molar-refractivity contribution >= 4 is 17.8 Å². The number of aromatic nitrogens is 1. The molecular weight excluding hydrogens is 433 g/mol. The summed E-state index contributed by atoms with van der Waals surface area (Å²) in [5.41, 5.74) is 1.94. The molecule has 0 fully saturated rings. The normalized spacial score (nSPS) is 10.6. The fraction of sp³-hybridized carbons (Fsp3) is 0.231. The van der Waals surface area contributed by atoms with Crippen LogP contribution in [0.4, 0.5) is 10.2 Å². The van der Waals surface area contributed by atoms with Crippen LogP contribution in [0.2, 0.25) is 0 Å². The van der Waals surface area contributed by atoms with Crippen molar-refractivity contribution in [1.82, 2.24) is 10.3 Å². The Morgan fingerprint density at radius 2 is 1.94 bits per heavy atom. The van der Waals surface area contributed by atoms with Crippen molar-refractivity contribution in [2.75, 3.05) is 18.4 Å². The Kier molecular flexibility index (Phi) is 7.86. The lowest BCUT2D eigenvalue weighted by molar-refractivity contribution is 0.0946. The van der Waals surface area contributed by atoms with Gasteiger partial charge in [0.2, 0.25) is 6.08 Å². The van der Waals surface area contributed by atoms with Gasteiger partial charge in [-0.3, -0.25) is 4.79 Å². The highest BCUT2D eigenvalue weighted by Gasteiger charge is 2.20. The molecule has 0 aliphatic heterocycles. The minimum absolute atomic E-state index is 0.128. The van der Waals surface area contributed by atoms with Gasteiger partial charge in [0.25, 0.3) is 5.91 Å². The molecule has 2 N–H and O–H groups in total. The number of hydrogen-bond donors (Lipinski definition) is 2. The molecular formula is C26H24FN5O2. The maximum Gasteiger partial charge on any atom is 0.255 e. The van der Waals surface area contributed by atoms with Gasteiger partial charge in [0.1, 0.15) is 11.6 Å². The van der Waals surface area contributed by atoms with Crippen molar-refractivity contribution in [1.29, 1.82) is 5.26 Å². The Balaban J connectivity index is 1.88. The third kappa shape index (κ3) is 6.35. The van der Waals surface area contributed by atoms with E-state index in [0.717, 1.165) is 5.56 Å². The van der Waals surface area contributed by atoms with Crippen LogP contribution in [-0.4, -0.2) is 35.6 Å². The van der Waals surface area contributed by atoms with Gasteiger partial charge in [-0.15, -0.1) is 0 Å². The summed E-state index contributed by atoms with van der Waals surface area (Å²) in [4.78, 5) is 31.8. The molecule has 0 radical (unpaired) electrons. The molecule has 2 aromatic carbocycles. The van der Waals surface area contributed by atoms with Gasteiger partial charge in [-0.1, -0.05) is 30.3 Å². The number of carbonyl (C=O) groups is 1. The number of benzene rings is 2. The molecule has 1 heterocycles. The van der Waals surface area contributed by atoms with Crippen LogP contribution in [0.3, 0.4) is 0 Å². The average Bonchev–Trinajstić information content (AvgIpc) is 2.82. The zero-order valence-electron chi connectivity index (χ0n) is 18.9. The van der Waals surface area contributed by atoms with E-state index < -0.39 is 11.4 Å². The van der Waals surface area contributed by atoms with Gasteiger partial charge >= 0.3 is 0 Å². The Bertz CT molecular complexity index is 1280. The van der Waals surface area contributed by atoms with Crippen LogP contribution >= 0.6 is 0 Å². The molecule has 0 unspecified atom stereocenters. The zero-order valence-corrected chi connectivity index (χ0v) is 18.9. The smallest absolute Gasteiger partial charge is 0.255 e. The molecule has 0 spiro atoms. The molecule has 8 heteroatoms. The number of amides is 1. The van der Waals surface area contributed by atoms with Crippen LogP contribution in [-0.2, 0) is 11.2 Å². The molecule has 0 saturated carbocycles. The highest BCUT2D eigenvalue weighted by atomic mass is 19.1. The number of anilines is 1. The Hall–Kier alpha value is -4.34. The summed E-state index contributed by atoms with van der Waals surface area (Å²) in [6, 6.07) is 18.8. The molecule has 0 aliphatic rings. The number of nitrogens with one attached hydrogen (secondary N) is 2. The van der Waals surface area contributed by atoms with Crippen molar-refractivity contribution in [3.63, 3.8) is 0 Å². The van der Waals surface area contributed by atoms with Gasteiger partial charge in [0.15, 0.2) is 0 Å². The SMILES string of the molecule is CC(C)(CNC(=O)c1ccc(-c2ccccc2C#N)nc1NCCc1cccc(F)c1)N=C=O. The summed E-state index contributed by atoms with van der Waals surface area (Å²) in [7, 11) is 0. The molecule has 7 nitrogen and oxygen atoms in total. The quantitative estimate of drug-likeness (QED) is 0.369. The van der Waals surface area contributed by atoms with Crippen molar-refractivity contribution in [3.05, 3.63) is 83.2 Å². The third-order valence-corrected chi connectivity index (χ3v) is 5.09. The molecule has 172 valence electrons. The first kappa shape index (κ1) is 24.3. The van der Waals surface area contributed by atoms with Gasteiger partial charge in [0, 0.05) is 18.7 Å². The minimum Gasteiger partial charge on any atom is -0.369 e. The Labute approximate surface area is 197 Å². The predicted octanol–water partition coefficient (Wildman–Crippen LogP) is 4.26. The van der Waals surface area contributed by atoms with E-state index in [-0.39, 0.29) is 12.4 Å². The lowest BCUT2D eigenvalue weighted by Crippen LogP contribution is -2.37. The van der Waals surface area contributed by atoms with Crippen molar-refractivity contribution in [2.24, 2.45) is 4.99 Å². The lowest BCUT2D eigenvalue weighted by Gasteiger charge is -2.19. The van der Waals surface area contributed by atoms with Gasteiger partial charge in [-0.25, -0.2) is 14.2 Å². The second-order valence-electron chi connectivity index (χ2n) is 8.25. The number of nitriles is 1. The summed E-state index contributed by atoms with van der Waals surface area (Å²) < 4.78 is 13.5. The second kappa shape index (κ2) is 11.0. The monoisotopic (exact) mass is 457 g/mol. The first-order valence-corrected chi connectivity index (χ1v) is 10.7. The van der Waals surface area contributed by atoms with Crippen LogP contribution in [0.25, 0.3) is 11.3 Å². The number of pyridine rings is 1. The van der Waals surface area contributed by atoms with Gasteiger partial charge < -0.3 is 10.6 Å². The number of aliphatic imine (C=N–C) groups is 1. The molecule has 0 saturated heterocycles. The Morgan fingerprint density at radius 3 is 2.68 bits per heavy atom. The van der Waals surface area contributed by atoms with Crippen molar-refractivity contribution in [3.8, 4) is 17.3 Å². The van der Waals surface area contributed by atoms with E-state index in [1.54, 1.807) is 50.2 Å². The molecule has 3 aromatic rings. The van der Waals surface area contributed by atoms with Gasteiger partial charge in [-0.05, 0) is 56.2 Å². The van der Waals surface area contributed by atoms with E-state index in [4.69, 9.17) is 0 Å². The third-order valence-electron chi connectivity index (χ3n) is 5.09. The molecule has 1 aromatic heterocycles. The summed E-state index contributed by atoms with van der Waals surface area (Å²) >= 11 is 0. The second-order valence-corrected chi connectivity index (χ2v) is 8.25. The highest BCUT2D eigenvalue weighted by Crippen LogP contribution is 2.25. The summed E-state index contributed by atoms with van der Waals surface area (Å²) in [5.74, 6) is -0.378. The fourth-order valence-corrected chi connectivity index (χ4v) is 3.30. The fourth-order valence-electron chi connectivity index (χ4n) is 3.30. The minimum atomic E-state index is -0.804. The number of hydrogen-bond acceptors (Lipinski definition) is 6. The number of halogens is 1. The highest BCUT2D eigenvalue weighted by molar-refractivity contribution is 5.99. The summed E-state index contributed by atoms with van der Waals surface area (Å²) in [6.07, 6.45) is 2.03.